The van der Waals surface area contributed by atoms with Crippen LogP contribution in [0.2, 0.25) is 0 Å². The van der Waals surface area contributed by atoms with Crippen LogP contribution in [0.25, 0.3) is 5.57 Å². The van der Waals surface area contributed by atoms with Crippen LogP contribution in [0.5, 0.6) is 0 Å². The third kappa shape index (κ3) is 2.27. The molecule has 4 rings (SSSR count). The molecule has 1 aromatic heterocycles. The second-order valence-corrected chi connectivity index (χ2v) is 8.74. The third-order valence-corrected chi connectivity index (χ3v) is 7.74. The molecule has 1 aromatic rings. The minimum atomic E-state index is -3.17. The summed E-state index contributed by atoms with van der Waals surface area (Å²) in [7, 11) is -3.17. The summed E-state index contributed by atoms with van der Waals surface area (Å²) in [5.74, 6) is 1.85. The molecular formula is C16H21NO3S. The maximum atomic E-state index is 13.0. The second-order valence-electron chi connectivity index (χ2n) is 6.59. The van der Waals surface area contributed by atoms with Crippen LogP contribution in [-0.2, 0) is 10.0 Å². The van der Waals surface area contributed by atoms with Gasteiger partial charge in [-0.3, -0.25) is 0 Å². The number of hydrogen-bond donors (Lipinski definition) is 0. The quantitative estimate of drug-likeness (QED) is 0.863. The van der Waals surface area contributed by atoms with Crippen molar-refractivity contribution in [3.05, 3.63) is 30.2 Å². The first-order chi connectivity index (χ1) is 10.1. The van der Waals surface area contributed by atoms with E-state index in [2.05, 4.69) is 6.08 Å². The van der Waals surface area contributed by atoms with Crippen molar-refractivity contribution in [3.63, 3.8) is 0 Å². The van der Waals surface area contributed by atoms with Crippen molar-refractivity contribution in [3.8, 4) is 0 Å². The van der Waals surface area contributed by atoms with E-state index in [0.717, 1.165) is 37.0 Å². The molecule has 21 heavy (non-hydrogen) atoms. The molecule has 2 bridgehead atoms. The van der Waals surface area contributed by atoms with Gasteiger partial charge in [-0.1, -0.05) is 12.5 Å². The zero-order chi connectivity index (χ0) is 14.4. The molecule has 2 heterocycles. The van der Waals surface area contributed by atoms with Gasteiger partial charge in [0.05, 0.1) is 11.5 Å². The summed E-state index contributed by atoms with van der Waals surface area (Å²) in [5, 5.41) is -0.132. The number of rotatable bonds is 3. The Hall–Kier alpha value is -1.07. The van der Waals surface area contributed by atoms with Gasteiger partial charge in [0, 0.05) is 18.7 Å². The highest BCUT2D eigenvalue weighted by atomic mass is 32.2. The average Bonchev–Trinajstić information content (AvgIpc) is 3.24. The van der Waals surface area contributed by atoms with Crippen molar-refractivity contribution < 1.29 is 12.8 Å². The van der Waals surface area contributed by atoms with E-state index in [1.165, 1.54) is 6.42 Å². The number of fused-ring (bicyclic) bond motifs is 2. The van der Waals surface area contributed by atoms with E-state index >= 15 is 0 Å². The normalized spacial score (nSPS) is 33.3. The van der Waals surface area contributed by atoms with Crippen LogP contribution in [0.4, 0.5) is 0 Å². The lowest BCUT2D eigenvalue weighted by Gasteiger charge is -2.32. The first-order valence-corrected chi connectivity index (χ1v) is 9.37. The highest BCUT2D eigenvalue weighted by Crippen LogP contribution is 2.48. The second kappa shape index (κ2) is 4.99. The van der Waals surface area contributed by atoms with Gasteiger partial charge in [-0.25, -0.2) is 8.42 Å². The molecule has 1 aliphatic heterocycles. The summed E-state index contributed by atoms with van der Waals surface area (Å²) in [4.78, 5) is 0. The van der Waals surface area contributed by atoms with Crippen LogP contribution in [0.3, 0.4) is 0 Å². The first-order valence-electron chi connectivity index (χ1n) is 7.86. The molecule has 2 saturated carbocycles. The fourth-order valence-corrected chi connectivity index (χ4v) is 6.63. The van der Waals surface area contributed by atoms with Crippen molar-refractivity contribution in [1.82, 2.24) is 4.31 Å². The van der Waals surface area contributed by atoms with Crippen LogP contribution >= 0.6 is 0 Å². The maximum absolute atomic E-state index is 13.0. The molecule has 0 spiro atoms. The Morgan fingerprint density at radius 1 is 1.24 bits per heavy atom. The Kier molecular flexibility index (Phi) is 3.23. The standard InChI is InChI=1S/C16H21NO3S/c18-21(19,16-10-12-5-6-13(16)9-12)17-7-1-3-14(11-17)15-4-2-8-20-15/h2-4,8,12-13,16H,1,5-7,9-11H2/t12-,13+,16?/m1/s1. The Morgan fingerprint density at radius 3 is 2.81 bits per heavy atom. The fourth-order valence-electron chi connectivity index (χ4n) is 4.32. The van der Waals surface area contributed by atoms with Crippen molar-refractivity contribution in [2.24, 2.45) is 11.8 Å². The summed E-state index contributed by atoms with van der Waals surface area (Å²) >= 11 is 0. The molecule has 0 N–H and O–H groups in total. The van der Waals surface area contributed by atoms with E-state index in [-0.39, 0.29) is 5.25 Å². The summed E-state index contributed by atoms with van der Waals surface area (Å²) in [6.07, 6.45) is 8.85. The van der Waals surface area contributed by atoms with Crippen LogP contribution in [0.1, 0.15) is 37.9 Å². The fraction of sp³-hybridized carbons (Fsp3) is 0.625. The van der Waals surface area contributed by atoms with Crippen molar-refractivity contribution in [2.75, 3.05) is 13.1 Å². The SMILES string of the molecule is O=S(=O)(C1C[C@@H]2CC[C@H]1C2)N1CCC=C(c2ccco2)C1. The lowest BCUT2D eigenvalue weighted by atomic mass is 10.0. The lowest BCUT2D eigenvalue weighted by Crippen LogP contribution is -2.43. The van der Waals surface area contributed by atoms with Gasteiger partial charge in [-0.05, 0) is 49.7 Å². The molecule has 1 unspecified atom stereocenters. The predicted molar refractivity (Wildman–Crippen MR) is 81.0 cm³/mol. The van der Waals surface area contributed by atoms with Gasteiger partial charge in [0.2, 0.25) is 10.0 Å². The molecule has 3 aliphatic rings. The third-order valence-electron chi connectivity index (χ3n) is 5.37. The van der Waals surface area contributed by atoms with E-state index < -0.39 is 10.0 Å². The van der Waals surface area contributed by atoms with Gasteiger partial charge < -0.3 is 4.42 Å². The van der Waals surface area contributed by atoms with E-state index in [1.54, 1.807) is 10.6 Å². The van der Waals surface area contributed by atoms with Crippen molar-refractivity contribution in [2.45, 2.75) is 37.4 Å². The average molecular weight is 307 g/mol. The molecule has 4 nitrogen and oxygen atoms in total. The summed E-state index contributed by atoms with van der Waals surface area (Å²) < 4.78 is 33.0. The van der Waals surface area contributed by atoms with Gasteiger partial charge >= 0.3 is 0 Å². The number of sulfonamides is 1. The number of nitrogens with zero attached hydrogens (tertiary/aromatic N) is 1. The Morgan fingerprint density at radius 2 is 2.14 bits per heavy atom. The van der Waals surface area contributed by atoms with Crippen LogP contribution in [-0.4, -0.2) is 31.1 Å². The highest BCUT2D eigenvalue weighted by molar-refractivity contribution is 7.89. The van der Waals surface area contributed by atoms with Crippen molar-refractivity contribution in [1.29, 1.82) is 0 Å². The molecule has 3 atom stereocenters. The number of furan rings is 1. The van der Waals surface area contributed by atoms with Gasteiger partial charge in [0.15, 0.2) is 0 Å². The Bertz CT molecular complexity index is 647. The molecule has 0 aromatic carbocycles. The summed E-state index contributed by atoms with van der Waals surface area (Å²) in [5.41, 5.74) is 0.998. The number of hydrogen-bond acceptors (Lipinski definition) is 3. The summed E-state index contributed by atoms with van der Waals surface area (Å²) in [6, 6.07) is 3.75. The molecule has 2 aliphatic carbocycles. The van der Waals surface area contributed by atoms with Crippen molar-refractivity contribution >= 4 is 15.6 Å². The minimum absolute atomic E-state index is 0.132. The zero-order valence-corrected chi connectivity index (χ0v) is 12.9. The van der Waals surface area contributed by atoms with Gasteiger partial charge in [0.1, 0.15) is 5.76 Å². The molecule has 0 radical (unpaired) electrons. The minimum Gasteiger partial charge on any atom is -0.465 e. The van der Waals surface area contributed by atoms with E-state index in [9.17, 15) is 8.42 Å². The molecule has 0 amide bonds. The monoisotopic (exact) mass is 307 g/mol. The Labute approximate surface area is 125 Å². The molecule has 2 fully saturated rings. The largest absolute Gasteiger partial charge is 0.465 e. The molecule has 5 heteroatoms. The van der Waals surface area contributed by atoms with Crippen LogP contribution < -0.4 is 0 Å². The van der Waals surface area contributed by atoms with Gasteiger partial charge in [0.25, 0.3) is 0 Å². The van der Waals surface area contributed by atoms with Gasteiger partial charge in [-0.15, -0.1) is 0 Å². The molecule has 114 valence electrons. The molecular weight excluding hydrogens is 286 g/mol. The Balaban J connectivity index is 1.55. The van der Waals surface area contributed by atoms with E-state index in [1.807, 2.05) is 12.1 Å². The van der Waals surface area contributed by atoms with E-state index in [4.69, 9.17) is 4.42 Å². The predicted octanol–water partition coefficient (Wildman–Crippen LogP) is 2.89. The zero-order valence-electron chi connectivity index (χ0n) is 12.1. The van der Waals surface area contributed by atoms with Crippen LogP contribution in [0.15, 0.2) is 28.9 Å². The first kappa shape index (κ1) is 13.6. The maximum Gasteiger partial charge on any atom is 0.217 e. The lowest BCUT2D eigenvalue weighted by molar-refractivity contribution is 0.398. The highest BCUT2D eigenvalue weighted by Gasteiger charge is 2.48. The summed E-state index contributed by atoms with van der Waals surface area (Å²) in [6.45, 7) is 1.07. The van der Waals surface area contributed by atoms with E-state index in [0.29, 0.717) is 24.9 Å². The topological polar surface area (TPSA) is 50.5 Å². The van der Waals surface area contributed by atoms with Crippen LogP contribution in [0, 0.1) is 11.8 Å². The van der Waals surface area contributed by atoms with Gasteiger partial charge in [-0.2, -0.15) is 4.31 Å². The molecule has 0 saturated heterocycles. The smallest absolute Gasteiger partial charge is 0.217 e.